The number of piperidine rings is 1. The van der Waals surface area contributed by atoms with E-state index in [1.54, 1.807) is 7.11 Å². The molecule has 1 N–H and O–H groups in total. The Morgan fingerprint density at radius 3 is 2.88 bits per heavy atom. The van der Waals surface area contributed by atoms with E-state index >= 15 is 0 Å². The molecule has 17 heavy (non-hydrogen) atoms. The van der Waals surface area contributed by atoms with Gasteiger partial charge in [0, 0.05) is 23.9 Å². The predicted molar refractivity (Wildman–Crippen MR) is 70.3 cm³/mol. The fraction of sp³-hybridized carbons (Fsp3) is 0.500. The van der Waals surface area contributed by atoms with Crippen molar-refractivity contribution >= 4 is 6.08 Å². The molecule has 0 bridgehead atoms. The second-order valence-corrected chi connectivity index (χ2v) is 4.57. The molecule has 1 fully saturated rings. The Labute approximate surface area is 103 Å². The van der Waals surface area contributed by atoms with Crippen LogP contribution in [0.25, 0.3) is 6.08 Å². The van der Waals surface area contributed by atoms with E-state index in [4.69, 9.17) is 4.74 Å². The summed E-state index contributed by atoms with van der Waals surface area (Å²) in [6.07, 6.45) is 6.47. The molecule has 1 aliphatic heterocycles. The topological polar surface area (TPSA) is 34.1 Å². The molecular formula is C14H20N2O. The van der Waals surface area contributed by atoms with Crippen molar-refractivity contribution in [2.45, 2.75) is 26.7 Å². The zero-order valence-electron chi connectivity index (χ0n) is 10.8. The fourth-order valence-corrected chi connectivity index (χ4v) is 2.29. The molecule has 0 amide bonds. The number of nitrogens with zero attached hydrogens (tertiary/aromatic N) is 1. The second kappa shape index (κ2) is 5.32. The van der Waals surface area contributed by atoms with Crippen LogP contribution in [0.1, 0.15) is 29.7 Å². The monoisotopic (exact) mass is 232 g/mol. The molecule has 1 aliphatic rings. The van der Waals surface area contributed by atoms with Gasteiger partial charge in [0.15, 0.2) is 0 Å². The third kappa shape index (κ3) is 2.67. The molecule has 0 aromatic carbocycles. The van der Waals surface area contributed by atoms with Gasteiger partial charge in [-0.1, -0.05) is 5.57 Å². The molecule has 2 rings (SSSR count). The largest absolute Gasteiger partial charge is 0.496 e. The Morgan fingerprint density at radius 2 is 2.24 bits per heavy atom. The maximum Gasteiger partial charge on any atom is 0.128 e. The highest BCUT2D eigenvalue weighted by atomic mass is 16.5. The molecule has 1 aromatic rings. The van der Waals surface area contributed by atoms with E-state index in [0.717, 1.165) is 35.7 Å². The van der Waals surface area contributed by atoms with Gasteiger partial charge < -0.3 is 10.1 Å². The summed E-state index contributed by atoms with van der Waals surface area (Å²) >= 11 is 0. The number of pyridine rings is 1. The number of aryl methyl sites for hydroxylation is 1. The highest BCUT2D eigenvalue weighted by molar-refractivity contribution is 5.58. The normalized spacial score (nSPS) is 18.4. The Hall–Kier alpha value is -1.35. The molecule has 0 spiro atoms. The summed E-state index contributed by atoms with van der Waals surface area (Å²) < 4.78 is 5.42. The van der Waals surface area contributed by atoms with Crippen LogP contribution in [0, 0.1) is 13.8 Å². The minimum absolute atomic E-state index is 0.954. The lowest BCUT2D eigenvalue weighted by Gasteiger charge is -2.16. The summed E-state index contributed by atoms with van der Waals surface area (Å²) in [5.74, 6) is 0.954. The first-order chi connectivity index (χ1) is 8.22. The summed E-state index contributed by atoms with van der Waals surface area (Å²) in [7, 11) is 1.72. The van der Waals surface area contributed by atoms with Crippen LogP contribution in [0.2, 0.25) is 0 Å². The minimum atomic E-state index is 0.954. The predicted octanol–water partition coefficient (Wildman–Crippen LogP) is 2.47. The number of aromatic nitrogens is 1. The van der Waals surface area contributed by atoms with Crippen LogP contribution in [0.4, 0.5) is 0 Å². The van der Waals surface area contributed by atoms with Crippen molar-refractivity contribution in [3.05, 3.63) is 28.6 Å². The van der Waals surface area contributed by atoms with E-state index in [2.05, 4.69) is 23.3 Å². The van der Waals surface area contributed by atoms with Crippen LogP contribution in [0.15, 0.2) is 11.8 Å². The van der Waals surface area contributed by atoms with Gasteiger partial charge in [0.25, 0.3) is 0 Å². The van der Waals surface area contributed by atoms with Gasteiger partial charge in [0.2, 0.25) is 0 Å². The van der Waals surface area contributed by atoms with Gasteiger partial charge >= 0.3 is 0 Å². The smallest absolute Gasteiger partial charge is 0.128 e. The summed E-state index contributed by atoms with van der Waals surface area (Å²) in [6.45, 7) is 6.21. The molecule has 2 heterocycles. The molecule has 3 heteroatoms. The third-order valence-electron chi connectivity index (χ3n) is 3.23. The Balaban J connectivity index is 2.32. The molecule has 0 atom stereocenters. The first-order valence-electron chi connectivity index (χ1n) is 6.12. The van der Waals surface area contributed by atoms with Crippen LogP contribution in [-0.2, 0) is 0 Å². The summed E-state index contributed by atoms with van der Waals surface area (Å²) in [6, 6.07) is 0. The lowest BCUT2D eigenvalue weighted by molar-refractivity contribution is 0.407. The zero-order chi connectivity index (χ0) is 12.3. The van der Waals surface area contributed by atoms with Gasteiger partial charge in [-0.15, -0.1) is 0 Å². The van der Waals surface area contributed by atoms with Crippen LogP contribution in [0.5, 0.6) is 5.75 Å². The number of ether oxygens (including phenoxy) is 1. The first kappa shape index (κ1) is 12.1. The lowest BCUT2D eigenvalue weighted by Crippen LogP contribution is -2.23. The van der Waals surface area contributed by atoms with Crippen molar-refractivity contribution in [2.75, 3.05) is 20.2 Å². The Morgan fingerprint density at radius 1 is 1.41 bits per heavy atom. The van der Waals surface area contributed by atoms with E-state index in [1.807, 2.05) is 13.1 Å². The summed E-state index contributed by atoms with van der Waals surface area (Å²) in [5.41, 5.74) is 4.68. The standard InChI is InChI=1S/C14H20N2O/c1-10-8-16-13(11(2)14(10)17-3)7-12-5-4-6-15-9-12/h7-8,15H,4-6,9H2,1-3H3. The molecular weight excluding hydrogens is 212 g/mol. The highest BCUT2D eigenvalue weighted by Gasteiger charge is 2.10. The lowest BCUT2D eigenvalue weighted by atomic mass is 10.0. The maximum absolute atomic E-state index is 5.42. The summed E-state index contributed by atoms with van der Waals surface area (Å²) in [4.78, 5) is 4.50. The van der Waals surface area contributed by atoms with Gasteiger partial charge in [-0.2, -0.15) is 0 Å². The highest BCUT2D eigenvalue weighted by Crippen LogP contribution is 2.26. The van der Waals surface area contributed by atoms with E-state index in [0.29, 0.717) is 0 Å². The van der Waals surface area contributed by atoms with Gasteiger partial charge in [0.05, 0.1) is 12.8 Å². The van der Waals surface area contributed by atoms with Gasteiger partial charge in [-0.25, -0.2) is 0 Å². The van der Waals surface area contributed by atoms with Crippen molar-refractivity contribution in [1.29, 1.82) is 0 Å². The number of hydrogen-bond acceptors (Lipinski definition) is 3. The first-order valence-corrected chi connectivity index (χ1v) is 6.12. The van der Waals surface area contributed by atoms with Crippen LogP contribution >= 0.6 is 0 Å². The number of rotatable bonds is 2. The molecule has 3 nitrogen and oxygen atoms in total. The Kier molecular flexibility index (Phi) is 3.79. The average Bonchev–Trinajstić information content (AvgIpc) is 2.35. The molecule has 92 valence electrons. The quantitative estimate of drug-likeness (QED) is 0.850. The Bertz CT molecular complexity index is 430. The van der Waals surface area contributed by atoms with Crippen LogP contribution < -0.4 is 10.1 Å². The fourth-order valence-electron chi connectivity index (χ4n) is 2.29. The number of nitrogens with one attached hydrogen (secondary N) is 1. The maximum atomic E-state index is 5.42. The SMILES string of the molecule is COc1c(C)cnc(C=C2CCCNC2)c1C. The molecule has 0 saturated carbocycles. The average molecular weight is 232 g/mol. The van der Waals surface area contributed by atoms with Crippen molar-refractivity contribution < 1.29 is 4.74 Å². The van der Waals surface area contributed by atoms with Crippen molar-refractivity contribution in [2.24, 2.45) is 0 Å². The molecule has 1 aromatic heterocycles. The van der Waals surface area contributed by atoms with Gasteiger partial charge in [-0.3, -0.25) is 4.98 Å². The van der Waals surface area contributed by atoms with Crippen molar-refractivity contribution in [1.82, 2.24) is 10.3 Å². The summed E-state index contributed by atoms with van der Waals surface area (Å²) in [5, 5.41) is 3.39. The van der Waals surface area contributed by atoms with Crippen molar-refractivity contribution in [3.8, 4) is 5.75 Å². The van der Waals surface area contributed by atoms with Gasteiger partial charge in [0.1, 0.15) is 5.75 Å². The number of methoxy groups -OCH3 is 1. The zero-order valence-corrected chi connectivity index (χ0v) is 10.8. The molecule has 0 radical (unpaired) electrons. The van der Waals surface area contributed by atoms with E-state index < -0.39 is 0 Å². The van der Waals surface area contributed by atoms with E-state index in [-0.39, 0.29) is 0 Å². The molecule has 0 aliphatic carbocycles. The third-order valence-corrected chi connectivity index (χ3v) is 3.23. The van der Waals surface area contributed by atoms with E-state index in [9.17, 15) is 0 Å². The van der Waals surface area contributed by atoms with Crippen molar-refractivity contribution in [3.63, 3.8) is 0 Å². The molecule has 1 saturated heterocycles. The van der Waals surface area contributed by atoms with Crippen LogP contribution in [-0.4, -0.2) is 25.2 Å². The minimum Gasteiger partial charge on any atom is -0.496 e. The number of hydrogen-bond donors (Lipinski definition) is 1. The van der Waals surface area contributed by atoms with E-state index in [1.165, 1.54) is 18.4 Å². The second-order valence-electron chi connectivity index (χ2n) is 4.57. The molecule has 0 unspecified atom stereocenters. The van der Waals surface area contributed by atoms with Crippen LogP contribution in [0.3, 0.4) is 0 Å². The van der Waals surface area contributed by atoms with Gasteiger partial charge in [-0.05, 0) is 39.3 Å².